The Morgan fingerprint density at radius 3 is 2.06 bits per heavy atom. The first-order valence-electron chi connectivity index (χ1n) is 11.0. The molecule has 34 heavy (non-hydrogen) atoms. The average Bonchev–Trinajstić information content (AvgIpc) is 3.19. The van der Waals surface area contributed by atoms with Crippen LogP contribution in [0.25, 0.3) is 21.9 Å². The number of carbonyl (C=O) groups excluding carboxylic acids is 1. The summed E-state index contributed by atoms with van der Waals surface area (Å²) in [6, 6.07) is 27.7. The molecular formula is C28H23NO5. The van der Waals surface area contributed by atoms with E-state index in [2.05, 4.69) is 5.32 Å². The molecule has 2 unspecified atom stereocenters. The molecule has 3 N–H and O–H groups in total. The van der Waals surface area contributed by atoms with Crippen molar-refractivity contribution in [1.29, 1.82) is 0 Å². The number of ether oxygens (including phenoxy) is 1. The number of aliphatic carboxylic acids is 1. The molecule has 0 saturated heterocycles. The minimum Gasteiger partial charge on any atom is -0.479 e. The van der Waals surface area contributed by atoms with Crippen LogP contribution in [0.5, 0.6) is 0 Å². The molecule has 0 spiro atoms. The predicted octanol–water partition coefficient (Wildman–Crippen LogP) is 4.87. The maximum Gasteiger partial charge on any atom is 0.407 e. The van der Waals surface area contributed by atoms with Crippen molar-refractivity contribution < 1.29 is 24.5 Å². The molecule has 0 heterocycles. The highest BCUT2D eigenvalue weighted by Gasteiger charge is 2.32. The topological polar surface area (TPSA) is 95.9 Å². The third-order valence-corrected chi connectivity index (χ3v) is 6.32. The van der Waals surface area contributed by atoms with Gasteiger partial charge in [0.25, 0.3) is 0 Å². The van der Waals surface area contributed by atoms with Gasteiger partial charge >= 0.3 is 12.1 Å². The van der Waals surface area contributed by atoms with Crippen molar-refractivity contribution in [2.75, 3.05) is 6.61 Å². The highest BCUT2D eigenvalue weighted by Crippen LogP contribution is 2.44. The number of rotatable bonds is 6. The molecule has 0 bridgehead atoms. The molecule has 0 aromatic heterocycles. The smallest absolute Gasteiger partial charge is 0.407 e. The van der Waals surface area contributed by atoms with Crippen molar-refractivity contribution in [2.45, 2.75) is 18.1 Å². The van der Waals surface area contributed by atoms with Crippen LogP contribution in [0.3, 0.4) is 0 Å². The Kier molecular flexibility index (Phi) is 5.74. The van der Waals surface area contributed by atoms with E-state index in [0.717, 1.165) is 33.0 Å². The maximum atomic E-state index is 12.8. The van der Waals surface area contributed by atoms with Gasteiger partial charge < -0.3 is 20.3 Å². The Labute approximate surface area is 196 Å². The molecule has 1 amide bonds. The number of alkyl carbamates (subject to hydrolysis) is 1. The lowest BCUT2D eigenvalue weighted by molar-refractivity contribution is -0.148. The fourth-order valence-corrected chi connectivity index (χ4v) is 4.66. The van der Waals surface area contributed by atoms with E-state index in [1.54, 1.807) is 12.1 Å². The summed E-state index contributed by atoms with van der Waals surface area (Å²) in [7, 11) is 0. The van der Waals surface area contributed by atoms with Crippen molar-refractivity contribution in [3.05, 3.63) is 108 Å². The number of carboxylic acid groups (broad SMARTS) is 1. The lowest BCUT2D eigenvalue weighted by Gasteiger charge is -2.23. The first-order valence-corrected chi connectivity index (χ1v) is 11.0. The van der Waals surface area contributed by atoms with Crippen LogP contribution < -0.4 is 5.32 Å². The number of amides is 1. The maximum absolute atomic E-state index is 12.8. The summed E-state index contributed by atoms with van der Waals surface area (Å²) >= 11 is 0. The van der Waals surface area contributed by atoms with E-state index in [1.807, 2.05) is 78.9 Å². The Morgan fingerprint density at radius 1 is 0.824 bits per heavy atom. The SMILES string of the molecule is O=C(NC(c1ccc2ccccc2c1)C(O)C(=O)O)OCC1c2ccccc2-c2ccccc21. The molecule has 170 valence electrons. The quantitative estimate of drug-likeness (QED) is 0.387. The number of hydrogen-bond acceptors (Lipinski definition) is 4. The lowest BCUT2D eigenvalue weighted by atomic mass is 9.98. The van der Waals surface area contributed by atoms with E-state index in [0.29, 0.717) is 5.56 Å². The summed E-state index contributed by atoms with van der Waals surface area (Å²) in [4.78, 5) is 24.3. The van der Waals surface area contributed by atoms with Crippen LogP contribution >= 0.6 is 0 Å². The van der Waals surface area contributed by atoms with Crippen molar-refractivity contribution >= 4 is 22.8 Å². The van der Waals surface area contributed by atoms with E-state index in [-0.39, 0.29) is 12.5 Å². The van der Waals surface area contributed by atoms with E-state index < -0.39 is 24.2 Å². The molecule has 2 atom stereocenters. The van der Waals surface area contributed by atoms with Crippen LogP contribution in [0.2, 0.25) is 0 Å². The van der Waals surface area contributed by atoms with Crippen molar-refractivity contribution in [2.24, 2.45) is 0 Å². The second-order valence-corrected chi connectivity index (χ2v) is 8.34. The standard InChI is InChI=1S/C28H23NO5/c30-26(27(31)32)25(19-14-13-17-7-1-2-8-18(17)15-19)29-28(33)34-16-24-22-11-5-3-9-20(22)21-10-4-6-12-23(21)24/h1-15,24-26,30H,16H2,(H,29,33)(H,31,32). The molecular weight excluding hydrogens is 430 g/mol. The second-order valence-electron chi connectivity index (χ2n) is 8.34. The summed E-state index contributed by atoms with van der Waals surface area (Å²) in [5, 5.41) is 24.1. The Hall–Kier alpha value is -4.16. The summed E-state index contributed by atoms with van der Waals surface area (Å²) in [5.41, 5.74) is 4.85. The zero-order valence-corrected chi connectivity index (χ0v) is 18.2. The molecule has 1 aliphatic carbocycles. The number of aliphatic hydroxyl groups excluding tert-OH is 1. The van der Waals surface area contributed by atoms with Crippen LogP contribution in [0, 0.1) is 0 Å². The molecule has 0 fully saturated rings. The van der Waals surface area contributed by atoms with Crippen molar-refractivity contribution in [1.82, 2.24) is 5.32 Å². The van der Waals surface area contributed by atoms with Crippen molar-refractivity contribution in [3.8, 4) is 11.1 Å². The molecule has 4 aromatic carbocycles. The summed E-state index contributed by atoms with van der Waals surface area (Å²) in [6.07, 6.45) is -2.62. The first-order chi connectivity index (χ1) is 16.5. The molecule has 0 saturated carbocycles. The van der Waals surface area contributed by atoms with E-state index in [4.69, 9.17) is 4.74 Å². The van der Waals surface area contributed by atoms with Gasteiger partial charge in [-0.15, -0.1) is 0 Å². The number of aliphatic hydroxyl groups is 1. The fraction of sp³-hybridized carbons (Fsp3) is 0.143. The molecule has 1 aliphatic rings. The molecule has 6 nitrogen and oxygen atoms in total. The lowest BCUT2D eigenvalue weighted by Crippen LogP contribution is -2.40. The Balaban J connectivity index is 1.36. The summed E-state index contributed by atoms with van der Waals surface area (Å²) in [6.45, 7) is 0.0907. The van der Waals surface area contributed by atoms with Gasteiger partial charge in [0.15, 0.2) is 6.10 Å². The number of hydrogen-bond donors (Lipinski definition) is 3. The van der Waals surface area contributed by atoms with Gasteiger partial charge in [-0.2, -0.15) is 0 Å². The third-order valence-electron chi connectivity index (χ3n) is 6.32. The number of carboxylic acids is 1. The van der Waals surface area contributed by atoms with Crippen LogP contribution in [-0.2, 0) is 9.53 Å². The zero-order valence-electron chi connectivity index (χ0n) is 18.2. The molecule has 5 rings (SSSR count). The monoisotopic (exact) mass is 453 g/mol. The van der Waals surface area contributed by atoms with Gasteiger partial charge in [-0.1, -0.05) is 84.9 Å². The highest BCUT2D eigenvalue weighted by molar-refractivity contribution is 5.84. The zero-order chi connectivity index (χ0) is 23.7. The van der Waals surface area contributed by atoms with Gasteiger partial charge in [-0.3, -0.25) is 0 Å². The van der Waals surface area contributed by atoms with Crippen LogP contribution in [0.1, 0.15) is 28.7 Å². The number of carbonyl (C=O) groups is 2. The van der Waals surface area contributed by atoms with Gasteiger partial charge in [0.1, 0.15) is 6.61 Å². The predicted molar refractivity (Wildman–Crippen MR) is 129 cm³/mol. The average molecular weight is 453 g/mol. The first kappa shape index (κ1) is 21.7. The second kappa shape index (κ2) is 9.00. The molecule has 4 aromatic rings. The van der Waals surface area contributed by atoms with Gasteiger partial charge in [0, 0.05) is 5.92 Å². The van der Waals surface area contributed by atoms with Crippen LogP contribution in [0.15, 0.2) is 91.0 Å². The van der Waals surface area contributed by atoms with Gasteiger partial charge in [-0.05, 0) is 44.7 Å². The Morgan fingerprint density at radius 2 is 1.41 bits per heavy atom. The fourth-order valence-electron chi connectivity index (χ4n) is 4.66. The number of fused-ring (bicyclic) bond motifs is 4. The van der Waals surface area contributed by atoms with E-state index >= 15 is 0 Å². The number of nitrogens with one attached hydrogen (secondary N) is 1. The third kappa shape index (κ3) is 4.00. The van der Waals surface area contributed by atoms with Gasteiger partial charge in [-0.25, -0.2) is 9.59 Å². The Bertz CT molecular complexity index is 1340. The van der Waals surface area contributed by atoms with Gasteiger partial charge in [0.05, 0.1) is 6.04 Å². The van der Waals surface area contributed by atoms with Crippen molar-refractivity contribution in [3.63, 3.8) is 0 Å². The minimum absolute atomic E-state index is 0.0907. The van der Waals surface area contributed by atoms with E-state index in [9.17, 15) is 19.8 Å². The normalized spacial score (nSPS) is 14.1. The highest BCUT2D eigenvalue weighted by atomic mass is 16.5. The molecule has 0 aliphatic heterocycles. The number of benzene rings is 4. The van der Waals surface area contributed by atoms with Crippen LogP contribution in [-0.4, -0.2) is 35.0 Å². The summed E-state index contributed by atoms with van der Waals surface area (Å²) < 4.78 is 5.55. The molecule has 0 radical (unpaired) electrons. The van der Waals surface area contributed by atoms with Gasteiger partial charge in [0.2, 0.25) is 0 Å². The van der Waals surface area contributed by atoms with Crippen LogP contribution in [0.4, 0.5) is 4.79 Å². The molecule has 6 heteroatoms. The largest absolute Gasteiger partial charge is 0.479 e. The summed E-state index contributed by atoms with van der Waals surface area (Å²) in [5.74, 6) is -1.56. The minimum atomic E-state index is -1.83. The van der Waals surface area contributed by atoms with E-state index in [1.165, 1.54) is 0 Å².